The van der Waals surface area contributed by atoms with Gasteiger partial charge in [-0.2, -0.15) is 5.10 Å². The monoisotopic (exact) mass is 266 g/mol. The molecule has 3 rings (SSSR count). The molecular formula is C16H18N4. The summed E-state index contributed by atoms with van der Waals surface area (Å²) in [4.78, 5) is 4.02. The van der Waals surface area contributed by atoms with E-state index < -0.39 is 0 Å². The summed E-state index contributed by atoms with van der Waals surface area (Å²) in [6, 6.07) is 12.4. The highest BCUT2D eigenvalue weighted by atomic mass is 15.3. The highest BCUT2D eigenvalue weighted by Crippen LogP contribution is 2.16. The summed E-state index contributed by atoms with van der Waals surface area (Å²) in [7, 11) is 1.99. The normalized spacial score (nSPS) is 11.1. The summed E-state index contributed by atoms with van der Waals surface area (Å²) in [6.07, 6.45) is 4.68. The van der Waals surface area contributed by atoms with Gasteiger partial charge in [-0.25, -0.2) is 0 Å². The van der Waals surface area contributed by atoms with Crippen LogP contribution in [0, 0.1) is 0 Å². The second kappa shape index (κ2) is 5.84. The number of nitrogens with one attached hydrogen (secondary N) is 1. The Hall–Kier alpha value is -2.20. The molecule has 0 amide bonds. The van der Waals surface area contributed by atoms with Gasteiger partial charge < -0.3 is 5.32 Å². The zero-order valence-corrected chi connectivity index (χ0v) is 11.6. The summed E-state index contributed by atoms with van der Waals surface area (Å²) in [5.41, 5.74) is 3.59. The molecule has 0 bridgehead atoms. The van der Waals surface area contributed by atoms with Gasteiger partial charge in [-0.05, 0) is 36.7 Å². The predicted molar refractivity (Wildman–Crippen MR) is 80.4 cm³/mol. The van der Waals surface area contributed by atoms with E-state index in [-0.39, 0.29) is 0 Å². The highest BCUT2D eigenvalue weighted by Gasteiger charge is 2.06. The van der Waals surface area contributed by atoms with Gasteiger partial charge in [0.2, 0.25) is 0 Å². The van der Waals surface area contributed by atoms with Crippen molar-refractivity contribution < 1.29 is 0 Å². The number of benzene rings is 1. The molecule has 0 atom stereocenters. The largest absolute Gasteiger partial charge is 0.311 e. The number of hydrogen-bond donors (Lipinski definition) is 1. The summed E-state index contributed by atoms with van der Waals surface area (Å²) in [5.74, 6) is 0. The number of nitrogens with zero attached hydrogens (tertiary/aromatic N) is 3. The highest BCUT2D eigenvalue weighted by molar-refractivity contribution is 5.81. The summed E-state index contributed by atoms with van der Waals surface area (Å²) >= 11 is 0. The van der Waals surface area contributed by atoms with Gasteiger partial charge in [0.15, 0.2) is 0 Å². The van der Waals surface area contributed by atoms with Crippen LogP contribution in [0.5, 0.6) is 0 Å². The average Bonchev–Trinajstić information content (AvgIpc) is 2.82. The summed E-state index contributed by atoms with van der Waals surface area (Å²) < 4.78 is 1.94. The standard InChI is InChI=1S/C16H18N4/c1-20-16-5-3-2-4-14(16)15(19-20)12-18-11-8-13-6-9-17-10-7-13/h2-7,9-10,18H,8,11-12H2,1H3. The van der Waals surface area contributed by atoms with E-state index in [1.807, 2.05) is 30.2 Å². The van der Waals surface area contributed by atoms with Crippen LogP contribution in [0.2, 0.25) is 0 Å². The van der Waals surface area contributed by atoms with E-state index in [1.165, 1.54) is 16.5 Å². The number of fused-ring (bicyclic) bond motifs is 1. The molecule has 0 saturated heterocycles. The molecule has 2 heterocycles. The Labute approximate surface area is 118 Å². The van der Waals surface area contributed by atoms with Gasteiger partial charge in [0.1, 0.15) is 0 Å². The Morgan fingerprint density at radius 2 is 1.90 bits per heavy atom. The van der Waals surface area contributed by atoms with E-state index in [2.05, 4.69) is 45.7 Å². The topological polar surface area (TPSA) is 42.7 Å². The fourth-order valence-corrected chi connectivity index (χ4v) is 2.41. The molecule has 0 aliphatic heterocycles. The first-order chi connectivity index (χ1) is 9.84. The van der Waals surface area contributed by atoms with Gasteiger partial charge in [0.25, 0.3) is 0 Å². The molecule has 0 unspecified atom stereocenters. The van der Waals surface area contributed by atoms with Gasteiger partial charge in [0, 0.05) is 31.4 Å². The van der Waals surface area contributed by atoms with E-state index in [1.54, 1.807) is 0 Å². The molecule has 1 N–H and O–H groups in total. The van der Waals surface area contributed by atoms with Crippen molar-refractivity contribution in [1.82, 2.24) is 20.1 Å². The van der Waals surface area contributed by atoms with Crippen molar-refractivity contribution in [2.75, 3.05) is 6.54 Å². The molecule has 0 radical (unpaired) electrons. The molecule has 102 valence electrons. The third kappa shape index (κ3) is 2.70. The minimum atomic E-state index is 0.798. The van der Waals surface area contributed by atoms with Crippen molar-refractivity contribution in [3.8, 4) is 0 Å². The van der Waals surface area contributed by atoms with E-state index in [4.69, 9.17) is 0 Å². The lowest BCUT2D eigenvalue weighted by Gasteiger charge is -2.03. The van der Waals surface area contributed by atoms with Crippen LogP contribution in [0.25, 0.3) is 10.9 Å². The third-order valence-electron chi connectivity index (χ3n) is 3.47. The lowest BCUT2D eigenvalue weighted by molar-refractivity contribution is 0.659. The molecule has 0 aliphatic carbocycles. The van der Waals surface area contributed by atoms with Crippen molar-refractivity contribution in [2.45, 2.75) is 13.0 Å². The van der Waals surface area contributed by atoms with E-state index in [0.29, 0.717) is 0 Å². The van der Waals surface area contributed by atoms with Crippen molar-refractivity contribution in [3.63, 3.8) is 0 Å². The Morgan fingerprint density at radius 1 is 1.10 bits per heavy atom. The SMILES string of the molecule is Cn1nc(CNCCc2ccncc2)c2ccccc21. The number of hydrogen-bond acceptors (Lipinski definition) is 3. The zero-order valence-electron chi connectivity index (χ0n) is 11.6. The molecule has 3 aromatic rings. The number of pyridine rings is 1. The van der Waals surface area contributed by atoms with E-state index >= 15 is 0 Å². The molecule has 4 heteroatoms. The average molecular weight is 266 g/mol. The first kappa shape index (κ1) is 12.8. The molecular weight excluding hydrogens is 248 g/mol. The van der Waals surface area contributed by atoms with Crippen LogP contribution in [0.15, 0.2) is 48.8 Å². The van der Waals surface area contributed by atoms with Crippen molar-refractivity contribution >= 4 is 10.9 Å². The van der Waals surface area contributed by atoms with Gasteiger partial charge in [-0.3, -0.25) is 9.67 Å². The maximum absolute atomic E-state index is 4.58. The van der Waals surface area contributed by atoms with Gasteiger partial charge in [-0.15, -0.1) is 0 Å². The smallest absolute Gasteiger partial charge is 0.0841 e. The number of aromatic nitrogens is 3. The molecule has 1 aromatic carbocycles. The van der Waals surface area contributed by atoms with Gasteiger partial charge in [-0.1, -0.05) is 18.2 Å². The summed E-state index contributed by atoms with van der Waals surface area (Å²) in [5, 5.41) is 9.27. The molecule has 0 fully saturated rings. The Morgan fingerprint density at radius 3 is 2.75 bits per heavy atom. The van der Waals surface area contributed by atoms with Crippen molar-refractivity contribution in [1.29, 1.82) is 0 Å². The van der Waals surface area contributed by atoms with E-state index in [9.17, 15) is 0 Å². The molecule has 20 heavy (non-hydrogen) atoms. The predicted octanol–water partition coefficient (Wildman–Crippen LogP) is 2.30. The molecule has 0 spiro atoms. The molecule has 4 nitrogen and oxygen atoms in total. The van der Waals surface area contributed by atoms with Crippen LogP contribution in [0.1, 0.15) is 11.3 Å². The molecule has 2 aromatic heterocycles. The first-order valence-electron chi connectivity index (χ1n) is 6.85. The Balaban J connectivity index is 1.60. The minimum Gasteiger partial charge on any atom is -0.311 e. The van der Waals surface area contributed by atoms with Gasteiger partial charge >= 0.3 is 0 Å². The fourth-order valence-electron chi connectivity index (χ4n) is 2.41. The quantitative estimate of drug-likeness (QED) is 0.721. The molecule has 0 saturated carbocycles. The van der Waals surface area contributed by atoms with Crippen LogP contribution >= 0.6 is 0 Å². The lowest BCUT2D eigenvalue weighted by Crippen LogP contribution is -2.17. The number of para-hydroxylation sites is 1. The first-order valence-corrected chi connectivity index (χ1v) is 6.85. The van der Waals surface area contributed by atoms with E-state index in [0.717, 1.165) is 25.2 Å². The van der Waals surface area contributed by atoms with Crippen molar-refractivity contribution in [2.24, 2.45) is 7.05 Å². The second-order valence-corrected chi connectivity index (χ2v) is 4.87. The Kier molecular flexibility index (Phi) is 3.74. The van der Waals surface area contributed by atoms with Crippen LogP contribution in [0.4, 0.5) is 0 Å². The zero-order chi connectivity index (χ0) is 13.8. The number of aryl methyl sites for hydroxylation is 1. The minimum absolute atomic E-state index is 0.798. The molecule has 0 aliphatic rings. The fraction of sp³-hybridized carbons (Fsp3) is 0.250. The summed E-state index contributed by atoms with van der Waals surface area (Å²) in [6.45, 7) is 1.74. The number of rotatable bonds is 5. The Bertz CT molecular complexity index is 688. The maximum Gasteiger partial charge on any atom is 0.0841 e. The van der Waals surface area contributed by atoms with Crippen LogP contribution in [0.3, 0.4) is 0 Å². The maximum atomic E-state index is 4.58. The van der Waals surface area contributed by atoms with Gasteiger partial charge in [0.05, 0.1) is 11.2 Å². The lowest BCUT2D eigenvalue weighted by atomic mass is 10.2. The van der Waals surface area contributed by atoms with Crippen LogP contribution in [-0.4, -0.2) is 21.3 Å². The van der Waals surface area contributed by atoms with Crippen LogP contribution in [-0.2, 0) is 20.0 Å². The second-order valence-electron chi connectivity index (χ2n) is 4.87. The van der Waals surface area contributed by atoms with Crippen LogP contribution < -0.4 is 5.32 Å². The third-order valence-corrected chi connectivity index (χ3v) is 3.47. The van der Waals surface area contributed by atoms with Crippen molar-refractivity contribution in [3.05, 3.63) is 60.0 Å².